The molecule has 2 aromatic rings. The number of hydrogen-bond acceptors (Lipinski definition) is 7. The summed E-state index contributed by atoms with van der Waals surface area (Å²) >= 11 is 0. The van der Waals surface area contributed by atoms with E-state index in [1.54, 1.807) is 0 Å². The normalized spacial score (nSPS) is 18.8. The number of nitrogens with one attached hydrogen (secondary N) is 1. The molecule has 0 spiro atoms. The first kappa shape index (κ1) is 14.9. The van der Waals surface area contributed by atoms with Crippen molar-refractivity contribution in [2.24, 2.45) is 0 Å². The van der Waals surface area contributed by atoms with Crippen molar-refractivity contribution >= 4 is 5.91 Å². The van der Waals surface area contributed by atoms with Gasteiger partial charge in [-0.25, -0.2) is 0 Å². The lowest BCUT2D eigenvalue weighted by atomic mass is 10.1. The van der Waals surface area contributed by atoms with Crippen LogP contribution in [-0.4, -0.2) is 42.2 Å². The van der Waals surface area contributed by atoms with Crippen LogP contribution in [0.1, 0.15) is 35.0 Å². The standard InChI is InChI=1S/C16H17N3O5/c20-15(17-8-11-2-1-5-21-11)16-19-18-14(24-16)7-10-3-4-12-13(6-10)23-9-22-12/h3-4,6,11H,1-2,5,7-9H2,(H,17,20). The van der Waals surface area contributed by atoms with Gasteiger partial charge in [-0.15, -0.1) is 10.2 Å². The maximum atomic E-state index is 12.0. The molecule has 24 heavy (non-hydrogen) atoms. The fourth-order valence-corrected chi connectivity index (χ4v) is 2.73. The molecule has 1 saturated heterocycles. The van der Waals surface area contributed by atoms with Gasteiger partial charge in [0.2, 0.25) is 12.7 Å². The van der Waals surface area contributed by atoms with Gasteiger partial charge in [0.05, 0.1) is 12.5 Å². The fraction of sp³-hybridized carbons (Fsp3) is 0.438. The van der Waals surface area contributed by atoms with Crippen molar-refractivity contribution in [2.45, 2.75) is 25.4 Å². The number of benzene rings is 1. The zero-order chi connectivity index (χ0) is 16.4. The third-order valence-electron chi connectivity index (χ3n) is 3.97. The second-order valence-electron chi connectivity index (χ2n) is 5.71. The molecule has 2 aliphatic heterocycles. The summed E-state index contributed by atoms with van der Waals surface area (Å²) in [5.41, 5.74) is 0.939. The van der Waals surface area contributed by atoms with Crippen LogP contribution in [-0.2, 0) is 11.2 Å². The minimum atomic E-state index is -0.380. The van der Waals surface area contributed by atoms with Crippen LogP contribution in [0.3, 0.4) is 0 Å². The summed E-state index contributed by atoms with van der Waals surface area (Å²) in [6.45, 7) is 1.44. The number of aromatic nitrogens is 2. The van der Waals surface area contributed by atoms with Crippen LogP contribution < -0.4 is 14.8 Å². The van der Waals surface area contributed by atoms with E-state index in [0.717, 1.165) is 30.8 Å². The molecule has 8 nitrogen and oxygen atoms in total. The Morgan fingerprint density at radius 2 is 2.17 bits per heavy atom. The van der Waals surface area contributed by atoms with Crippen LogP contribution >= 0.6 is 0 Å². The average molecular weight is 331 g/mol. The minimum Gasteiger partial charge on any atom is -0.454 e. The van der Waals surface area contributed by atoms with Gasteiger partial charge in [0.1, 0.15) is 0 Å². The van der Waals surface area contributed by atoms with Crippen molar-refractivity contribution in [3.63, 3.8) is 0 Å². The van der Waals surface area contributed by atoms with Gasteiger partial charge in [-0.2, -0.15) is 0 Å². The van der Waals surface area contributed by atoms with Crippen LogP contribution in [0.25, 0.3) is 0 Å². The molecule has 1 N–H and O–H groups in total. The van der Waals surface area contributed by atoms with Crippen LogP contribution in [0.15, 0.2) is 22.6 Å². The summed E-state index contributed by atoms with van der Waals surface area (Å²) in [5, 5.41) is 10.5. The van der Waals surface area contributed by atoms with Crippen molar-refractivity contribution < 1.29 is 23.4 Å². The van der Waals surface area contributed by atoms with Crippen LogP contribution in [0.4, 0.5) is 0 Å². The molecule has 0 bridgehead atoms. The number of ether oxygens (including phenoxy) is 3. The summed E-state index contributed by atoms with van der Waals surface area (Å²) in [5.74, 6) is 1.37. The second kappa shape index (κ2) is 6.48. The zero-order valence-electron chi connectivity index (χ0n) is 13.0. The SMILES string of the molecule is O=C(NCC1CCCO1)c1nnc(Cc2ccc3c(c2)OCO3)o1. The maximum Gasteiger partial charge on any atom is 0.308 e. The second-order valence-corrected chi connectivity index (χ2v) is 5.71. The molecule has 1 fully saturated rings. The Morgan fingerprint density at radius 1 is 1.25 bits per heavy atom. The molecular weight excluding hydrogens is 314 g/mol. The largest absolute Gasteiger partial charge is 0.454 e. The number of fused-ring (bicyclic) bond motifs is 1. The van der Waals surface area contributed by atoms with Gasteiger partial charge in [0.15, 0.2) is 11.5 Å². The third-order valence-corrected chi connectivity index (χ3v) is 3.97. The number of carbonyl (C=O) groups is 1. The minimum absolute atomic E-state index is 0.0382. The predicted octanol–water partition coefficient (Wildman–Crippen LogP) is 1.30. The Kier molecular flexibility index (Phi) is 4.04. The van der Waals surface area contributed by atoms with E-state index in [1.165, 1.54) is 0 Å². The Bertz CT molecular complexity index is 739. The van der Waals surface area contributed by atoms with E-state index in [9.17, 15) is 4.79 Å². The molecule has 2 aliphatic rings. The molecule has 3 heterocycles. The number of amides is 1. The molecule has 0 saturated carbocycles. The number of rotatable bonds is 5. The van der Waals surface area contributed by atoms with E-state index < -0.39 is 0 Å². The molecule has 1 aromatic heterocycles. The predicted molar refractivity (Wildman–Crippen MR) is 81.0 cm³/mol. The number of hydrogen-bond donors (Lipinski definition) is 1. The van der Waals surface area contributed by atoms with Crippen molar-refractivity contribution in [3.8, 4) is 11.5 Å². The summed E-state index contributed by atoms with van der Waals surface area (Å²) in [7, 11) is 0. The summed E-state index contributed by atoms with van der Waals surface area (Å²) in [4.78, 5) is 12.0. The highest BCUT2D eigenvalue weighted by atomic mass is 16.7. The number of nitrogens with zero attached hydrogens (tertiary/aromatic N) is 2. The Balaban J connectivity index is 1.36. The highest BCUT2D eigenvalue weighted by molar-refractivity contribution is 5.89. The van der Waals surface area contributed by atoms with Gasteiger partial charge in [0, 0.05) is 13.2 Å². The van der Waals surface area contributed by atoms with Gasteiger partial charge < -0.3 is 23.9 Å². The summed E-state index contributed by atoms with van der Waals surface area (Å²) < 4.78 is 21.5. The van der Waals surface area contributed by atoms with E-state index in [-0.39, 0.29) is 24.7 Å². The first-order valence-corrected chi connectivity index (χ1v) is 7.88. The quantitative estimate of drug-likeness (QED) is 0.882. The molecule has 4 rings (SSSR count). The van der Waals surface area contributed by atoms with Gasteiger partial charge in [0.25, 0.3) is 0 Å². The zero-order valence-corrected chi connectivity index (χ0v) is 13.0. The van der Waals surface area contributed by atoms with Crippen LogP contribution in [0, 0.1) is 0 Å². The van der Waals surface area contributed by atoms with E-state index in [4.69, 9.17) is 18.6 Å². The van der Waals surface area contributed by atoms with Crippen molar-refractivity contribution in [1.29, 1.82) is 0 Å². The van der Waals surface area contributed by atoms with Crippen LogP contribution in [0.5, 0.6) is 11.5 Å². The van der Waals surface area contributed by atoms with Gasteiger partial charge in [-0.1, -0.05) is 6.07 Å². The molecule has 1 unspecified atom stereocenters. The highest BCUT2D eigenvalue weighted by Gasteiger charge is 2.20. The molecule has 0 radical (unpaired) electrons. The highest BCUT2D eigenvalue weighted by Crippen LogP contribution is 2.32. The molecule has 0 aliphatic carbocycles. The molecule has 1 amide bonds. The van der Waals surface area contributed by atoms with Gasteiger partial charge >= 0.3 is 11.8 Å². The van der Waals surface area contributed by atoms with Crippen molar-refractivity contribution in [1.82, 2.24) is 15.5 Å². The summed E-state index contributed by atoms with van der Waals surface area (Å²) in [6, 6.07) is 5.60. The number of carbonyl (C=O) groups excluding carboxylic acids is 1. The lowest BCUT2D eigenvalue weighted by Crippen LogP contribution is -2.31. The van der Waals surface area contributed by atoms with Crippen molar-refractivity contribution in [3.05, 3.63) is 35.5 Å². The van der Waals surface area contributed by atoms with Crippen molar-refractivity contribution in [2.75, 3.05) is 19.9 Å². The lowest BCUT2D eigenvalue weighted by Gasteiger charge is -2.08. The first-order chi connectivity index (χ1) is 11.8. The molecule has 1 aromatic carbocycles. The lowest BCUT2D eigenvalue weighted by molar-refractivity contribution is 0.0828. The molecule has 1 atom stereocenters. The Hall–Kier alpha value is -2.61. The maximum absolute atomic E-state index is 12.0. The van der Waals surface area contributed by atoms with E-state index >= 15 is 0 Å². The molecule has 8 heteroatoms. The Morgan fingerprint density at radius 3 is 3.04 bits per heavy atom. The van der Waals surface area contributed by atoms with E-state index in [0.29, 0.717) is 24.6 Å². The topological polar surface area (TPSA) is 95.7 Å². The van der Waals surface area contributed by atoms with E-state index in [1.807, 2.05) is 18.2 Å². The summed E-state index contributed by atoms with van der Waals surface area (Å²) in [6.07, 6.45) is 2.48. The molecular formula is C16H17N3O5. The molecule has 126 valence electrons. The monoisotopic (exact) mass is 331 g/mol. The Labute approximate surface area is 138 Å². The van der Waals surface area contributed by atoms with E-state index in [2.05, 4.69) is 15.5 Å². The smallest absolute Gasteiger partial charge is 0.308 e. The van der Waals surface area contributed by atoms with Crippen LogP contribution in [0.2, 0.25) is 0 Å². The van der Waals surface area contributed by atoms with Gasteiger partial charge in [-0.3, -0.25) is 4.79 Å². The first-order valence-electron chi connectivity index (χ1n) is 7.88. The third kappa shape index (κ3) is 3.18. The average Bonchev–Trinajstić information content (AvgIpc) is 3.33. The van der Waals surface area contributed by atoms with Gasteiger partial charge in [-0.05, 0) is 30.5 Å². The fourth-order valence-electron chi connectivity index (χ4n) is 2.73.